The molecular weight excluding hydrogens is 238 g/mol. The van der Waals surface area contributed by atoms with Crippen molar-refractivity contribution < 1.29 is 9.53 Å². The van der Waals surface area contributed by atoms with Crippen LogP contribution in [0, 0.1) is 6.92 Å². The van der Waals surface area contributed by atoms with Crippen LogP contribution in [0.1, 0.15) is 26.3 Å². The van der Waals surface area contributed by atoms with Gasteiger partial charge in [0.15, 0.2) is 6.61 Å². The standard InChI is InChI=1S/C13H18ClNO2/c1-9-7-10(14)5-6-11(9)17-8-12(16)15-13(2,3)4/h5-7H,8H2,1-4H3,(H,15,16). The Bertz CT molecular complexity index is 410. The van der Waals surface area contributed by atoms with Gasteiger partial charge in [-0.05, 0) is 51.5 Å². The van der Waals surface area contributed by atoms with Gasteiger partial charge in [0, 0.05) is 10.6 Å². The monoisotopic (exact) mass is 255 g/mol. The molecule has 1 aromatic rings. The van der Waals surface area contributed by atoms with E-state index in [1.807, 2.05) is 27.7 Å². The fraction of sp³-hybridized carbons (Fsp3) is 0.462. The van der Waals surface area contributed by atoms with Gasteiger partial charge in [0.05, 0.1) is 0 Å². The molecule has 0 fully saturated rings. The normalized spacial score (nSPS) is 11.1. The molecule has 17 heavy (non-hydrogen) atoms. The van der Waals surface area contributed by atoms with Crippen LogP contribution in [0.25, 0.3) is 0 Å². The molecule has 4 heteroatoms. The lowest BCUT2D eigenvalue weighted by Gasteiger charge is -2.20. The molecule has 94 valence electrons. The van der Waals surface area contributed by atoms with Crippen LogP contribution in [0.2, 0.25) is 5.02 Å². The largest absolute Gasteiger partial charge is 0.484 e. The zero-order valence-electron chi connectivity index (χ0n) is 10.6. The van der Waals surface area contributed by atoms with Gasteiger partial charge < -0.3 is 10.1 Å². The molecule has 0 bridgehead atoms. The van der Waals surface area contributed by atoms with Gasteiger partial charge >= 0.3 is 0 Å². The lowest BCUT2D eigenvalue weighted by Crippen LogP contribution is -2.43. The van der Waals surface area contributed by atoms with Crippen molar-refractivity contribution in [2.75, 3.05) is 6.61 Å². The number of rotatable bonds is 3. The molecule has 1 N–H and O–H groups in total. The molecule has 1 aromatic carbocycles. The molecule has 0 radical (unpaired) electrons. The minimum Gasteiger partial charge on any atom is -0.484 e. The number of aryl methyl sites for hydroxylation is 1. The Hall–Kier alpha value is -1.22. The predicted octanol–water partition coefficient (Wildman–Crippen LogP) is 2.94. The average molecular weight is 256 g/mol. The summed E-state index contributed by atoms with van der Waals surface area (Å²) in [7, 11) is 0. The van der Waals surface area contributed by atoms with Crippen molar-refractivity contribution in [1.29, 1.82) is 0 Å². The molecule has 3 nitrogen and oxygen atoms in total. The number of hydrogen-bond donors (Lipinski definition) is 1. The Labute approximate surface area is 107 Å². The third-order valence-electron chi connectivity index (χ3n) is 2.01. The van der Waals surface area contributed by atoms with Gasteiger partial charge in [-0.15, -0.1) is 0 Å². The van der Waals surface area contributed by atoms with E-state index in [9.17, 15) is 4.79 Å². The van der Waals surface area contributed by atoms with E-state index in [0.29, 0.717) is 10.8 Å². The van der Waals surface area contributed by atoms with Crippen molar-refractivity contribution in [3.05, 3.63) is 28.8 Å². The molecular formula is C13H18ClNO2. The highest BCUT2D eigenvalue weighted by Gasteiger charge is 2.14. The van der Waals surface area contributed by atoms with Crippen molar-refractivity contribution in [3.63, 3.8) is 0 Å². The molecule has 1 amide bonds. The van der Waals surface area contributed by atoms with E-state index in [-0.39, 0.29) is 18.1 Å². The molecule has 0 saturated carbocycles. The maximum Gasteiger partial charge on any atom is 0.258 e. The van der Waals surface area contributed by atoms with Gasteiger partial charge in [-0.3, -0.25) is 4.79 Å². The minimum atomic E-state index is -0.241. The van der Waals surface area contributed by atoms with E-state index in [4.69, 9.17) is 16.3 Å². The fourth-order valence-corrected chi connectivity index (χ4v) is 1.60. The number of hydrogen-bond acceptors (Lipinski definition) is 2. The van der Waals surface area contributed by atoms with Gasteiger partial charge in [-0.2, -0.15) is 0 Å². The SMILES string of the molecule is Cc1cc(Cl)ccc1OCC(=O)NC(C)(C)C. The lowest BCUT2D eigenvalue weighted by molar-refractivity contribution is -0.124. The molecule has 0 aromatic heterocycles. The summed E-state index contributed by atoms with van der Waals surface area (Å²) in [5, 5.41) is 3.49. The number of benzene rings is 1. The summed E-state index contributed by atoms with van der Waals surface area (Å²) >= 11 is 5.83. The van der Waals surface area contributed by atoms with Crippen LogP contribution in [0.15, 0.2) is 18.2 Å². The van der Waals surface area contributed by atoms with Crippen molar-refractivity contribution in [2.45, 2.75) is 33.2 Å². The highest BCUT2D eigenvalue weighted by molar-refractivity contribution is 6.30. The first-order valence-corrected chi connectivity index (χ1v) is 5.86. The second kappa shape index (κ2) is 5.41. The summed E-state index contributed by atoms with van der Waals surface area (Å²) in [4.78, 5) is 11.5. The van der Waals surface area contributed by atoms with E-state index in [2.05, 4.69) is 5.32 Å². The Morgan fingerprint density at radius 3 is 2.59 bits per heavy atom. The first kappa shape index (κ1) is 13.8. The summed E-state index contributed by atoms with van der Waals surface area (Å²) in [6.45, 7) is 7.69. The van der Waals surface area contributed by atoms with Crippen molar-refractivity contribution in [3.8, 4) is 5.75 Å². The second-order valence-corrected chi connectivity index (χ2v) is 5.43. The van der Waals surface area contributed by atoms with Crippen LogP contribution in [-0.2, 0) is 4.79 Å². The molecule has 0 unspecified atom stereocenters. The van der Waals surface area contributed by atoms with Crippen LogP contribution < -0.4 is 10.1 Å². The lowest BCUT2D eigenvalue weighted by atomic mass is 10.1. The van der Waals surface area contributed by atoms with Gasteiger partial charge in [-0.1, -0.05) is 11.6 Å². The first-order valence-electron chi connectivity index (χ1n) is 5.48. The predicted molar refractivity (Wildman–Crippen MR) is 69.6 cm³/mol. The molecule has 1 rings (SSSR count). The molecule has 0 atom stereocenters. The Morgan fingerprint density at radius 2 is 2.06 bits per heavy atom. The highest BCUT2D eigenvalue weighted by atomic mass is 35.5. The zero-order chi connectivity index (χ0) is 13.1. The number of halogens is 1. The van der Waals surface area contributed by atoms with Crippen molar-refractivity contribution in [2.24, 2.45) is 0 Å². The molecule has 0 aliphatic heterocycles. The summed E-state index contributed by atoms with van der Waals surface area (Å²) in [5.74, 6) is 0.547. The third kappa shape index (κ3) is 5.09. The van der Waals surface area contributed by atoms with Crippen molar-refractivity contribution >= 4 is 17.5 Å². The van der Waals surface area contributed by atoms with E-state index in [0.717, 1.165) is 5.56 Å². The van der Waals surface area contributed by atoms with E-state index in [1.54, 1.807) is 18.2 Å². The fourth-order valence-electron chi connectivity index (χ4n) is 1.37. The van der Waals surface area contributed by atoms with Gasteiger partial charge in [-0.25, -0.2) is 0 Å². The second-order valence-electron chi connectivity index (χ2n) is 5.00. The number of ether oxygens (including phenoxy) is 1. The number of carbonyl (C=O) groups is 1. The number of carbonyl (C=O) groups excluding carboxylic acids is 1. The van der Waals surface area contributed by atoms with Gasteiger partial charge in [0.25, 0.3) is 5.91 Å². The minimum absolute atomic E-state index is 0.0136. The molecule has 0 aliphatic carbocycles. The summed E-state index contributed by atoms with van der Waals surface area (Å²) < 4.78 is 5.43. The van der Waals surface area contributed by atoms with Crippen LogP contribution in [0.5, 0.6) is 5.75 Å². The number of nitrogens with one attached hydrogen (secondary N) is 1. The quantitative estimate of drug-likeness (QED) is 0.902. The van der Waals surface area contributed by atoms with Crippen LogP contribution >= 0.6 is 11.6 Å². The topological polar surface area (TPSA) is 38.3 Å². The van der Waals surface area contributed by atoms with Crippen LogP contribution in [0.3, 0.4) is 0 Å². The highest BCUT2D eigenvalue weighted by Crippen LogP contribution is 2.21. The first-order chi connectivity index (χ1) is 7.78. The third-order valence-corrected chi connectivity index (χ3v) is 2.25. The summed E-state index contributed by atoms with van der Waals surface area (Å²) in [6.07, 6.45) is 0. The Balaban J connectivity index is 2.53. The molecule has 0 spiro atoms. The maximum absolute atomic E-state index is 11.5. The van der Waals surface area contributed by atoms with Crippen molar-refractivity contribution in [1.82, 2.24) is 5.32 Å². The van der Waals surface area contributed by atoms with Gasteiger partial charge in [0.2, 0.25) is 0 Å². The molecule has 0 heterocycles. The Morgan fingerprint density at radius 1 is 1.41 bits per heavy atom. The van der Waals surface area contributed by atoms with Crippen LogP contribution in [-0.4, -0.2) is 18.1 Å². The summed E-state index contributed by atoms with van der Waals surface area (Å²) in [5.41, 5.74) is 0.677. The average Bonchev–Trinajstić information content (AvgIpc) is 2.13. The zero-order valence-corrected chi connectivity index (χ0v) is 11.4. The molecule has 0 saturated heterocycles. The maximum atomic E-state index is 11.5. The van der Waals surface area contributed by atoms with Gasteiger partial charge in [0.1, 0.15) is 5.75 Å². The van der Waals surface area contributed by atoms with E-state index >= 15 is 0 Å². The Kier molecular flexibility index (Phi) is 4.40. The molecule has 0 aliphatic rings. The smallest absolute Gasteiger partial charge is 0.258 e. The summed E-state index contributed by atoms with van der Waals surface area (Å²) in [6, 6.07) is 5.31. The van der Waals surface area contributed by atoms with Crippen LogP contribution in [0.4, 0.5) is 0 Å². The number of amides is 1. The van der Waals surface area contributed by atoms with E-state index < -0.39 is 0 Å². The van der Waals surface area contributed by atoms with E-state index in [1.165, 1.54) is 0 Å².